The zero-order chi connectivity index (χ0) is 16.7. The summed E-state index contributed by atoms with van der Waals surface area (Å²) in [5.41, 5.74) is 6.70. The molecule has 1 unspecified atom stereocenters. The topological polar surface area (TPSA) is 71.3 Å². The minimum Gasteiger partial charge on any atom is -0.377 e. The van der Waals surface area contributed by atoms with Crippen molar-refractivity contribution in [2.75, 3.05) is 13.1 Å². The predicted octanol–water partition coefficient (Wildman–Crippen LogP) is 3.47. The van der Waals surface area contributed by atoms with Gasteiger partial charge < -0.3 is 15.6 Å². The van der Waals surface area contributed by atoms with Crippen LogP contribution in [-0.4, -0.2) is 29.0 Å². The van der Waals surface area contributed by atoms with Gasteiger partial charge in [-0.05, 0) is 50.1 Å². The first kappa shape index (κ1) is 17.3. The molecule has 1 aromatic carbocycles. The van der Waals surface area contributed by atoms with Crippen molar-refractivity contribution in [1.29, 1.82) is 0 Å². The first-order valence-electron chi connectivity index (χ1n) is 8.43. The van der Waals surface area contributed by atoms with Crippen LogP contribution in [-0.2, 0) is 4.79 Å². The van der Waals surface area contributed by atoms with Crippen LogP contribution in [0.5, 0.6) is 5.75 Å². The highest BCUT2D eigenvalue weighted by Crippen LogP contribution is 2.22. The molecule has 0 aliphatic rings. The third-order valence-electron chi connectivity index (χ3n) is 4.04. The lowest BCUT2D eigenvalue weighted by Crippen LogP contribution is -2.35. The number of fused-ring (bicyclic) bond motifs is 1. The summed E-state index contributed by atoms with van der Waals surface area (Å²) in [5.74, 6) is 1.04. The van der Waals surface area contributed by atoms with E-state index in [1.165, 1.54) is 5.06 Å². The maximum Gasteiger partial charge on any atom is 0.255 e. The first-order chi connectivity index (χ1) is 11.2. The van der Waals surface area contributed by atoms with E-state index in [0.717, 1.165) is 30.2 Å². The Morgan fingerprint density at radius 1 is 1.30 bits per heavy atom. The van der Waals surface area contributed by atoms with Gasteiger partial charge in [-0.25, -0.2) is 0 Å². The number of hydrogen-bond donors (Lipinski definition) is 2. The Hall–Kier alpha value is -2.01. The fraction of sp³-hybridized carbons (Fsp3) is 0.500. The number of nitrogens with two attached hydrogens (primary N) is 1. The Morgan fingerprint density at radius 3 is 2.83 bits per heavy atom. The Kier molecular flexibility index (Phi) is 6.47. The molecule has 0 spiro atoms. The van der Waals surface area contributed by atoms with E-state index in [1.807, 2.05) is 37.4 Å². The standard InChI is InChI=1S/C18H27N3O2/c1-3-5-14(8-10-19)12-18(22)21(4-2)23-16-6-7-17-15(13-16)9-11-20-17/h6-7,9,11,13-14,20H,3-5,8,10,12,19H2,1-2H3. The summed E-state index contributed by atoms with van der Waals surface area (Å²) in [7, 11) is 0. The number of amides is 1. The zero-order valence-electron chi connectivity index (χ0n) is 14.0. The van der Waals surface area contributed by atoms with Crippen LogP contribution in [0.15, 0.2) is 30.5 Å². The van der Waals surface area contributed by atoms with Crippen LogP contribution in [0.3, 0.4) is 0 Å². The van der Waals surface area contributed by atoms with Gasteiger partial charge in [0.25, 0.3) is 5.91 Å². The minimum atomic E-state index is 0.0218. The van der Waals surface area contributed by atoms with Crippen LogP contribution in [0, 0.1) is 5.92 Å². The number of H-pyrrole nitrogens is 1. The van der Waals surface area contributed by atoms with Crippen molar-refractivity contribution in [2.45, 2.75) is 39.5 Å². The highest BCUT2D eigenvalue weighted by Gasteiger charge is 2.19. The lowest BCUT2D eigenvalue weighted by molar-refractivity contribution is -0.157. The number of hydrogen-bond acceptors (Lipinski definition) is 3. The van der Waals surface area contributed by atoms with Crippen molar-refractivity contribution in [3.63, 3.8) is 0 Å². The van der Waals surface area contributed by atoms with Crippen LogP contribution < -0.4 is 10.6 Å². The molecule has 1 amide bonds. The van der Waals surface area contributed by atoms with E-state index in [4.69, 9.17) is 10.6 Å². The van der Waals surface area contributed by atoms with Gasteiger partial charge in [0.15, 0.2) is 5.75 Å². The second-order valence-corrected chi connectivity index (χ2v) is 5.84. The predicted molar refractivity (Wildman–Crippen MR) is 93.0 cm³/mol. The van der Waals surface area contributed by atoms with Gasteiger partial charge in [0, 0.05) is 23.5 Å². The van der Waals surface area contributed by atoms with Crippen molar-refractivity contribution in [1.82, 2.24) is 10.0 Å². The fourth-order valence-corrected chi connectivity index (χ4v) is 2.85. The number of carbonyl (C=O) groups is 1. The smallest absolute Gasteiger partial charge is 0.255 e. The molecule has 0 aliphatic heterocycles. The monoisotopic (exact) mass is 317 g/mol. The molecule has 0 aliphatic carbocycles. The van der Waals surface area contributed by atoms with Crippen molar-refractivity contribution in [2.24, 2.45) is 11.7 Å². The van der Waals surface area contributed by atoms with Crippen molar-refractivity contribution in [3.05, 3.63) is 30.5 Å². The molecule has 5 nitrogen and oxygen atoms in total. The number of nitrogens with one attached hydrogen (secondary N) is 1. The van der Waals surface area contributed by atoms with Gasteiger partial charge in [0.1, 0.15) is 0 Å². The lowest BCUT2D eigenvalue weighted by Gasteiger charge is -2.23. The quantitative estimate of drug-likeness (QED) is 0.696. The second-order valence-electron chi connectivity index (χ2n) is 5.84. The Balaban J connectivity index is 2.01. The van der Waals surface area contributed by atoms with E-state index in [1.54, 1.807) is 0 Å². The van der Waals surface area contributed by atoms with Crippen LogP contribution in [0.1, 0.15) is 39.5 Å². The van der Waals surface area contributed by atoms with E-state index >= 15 is 0 Å². The number of carbonyl (C=O) groups excluding carboxylic acids is 1. The summed E-state index contributed by atoms with van der Waals surface area (Å²) in [6.07, 6.45) is 5.35. The third kappa shape index (κ3) is 4.73. The minimum absolute atomic E-state index is 0.0218. The van der Waals surface area contributed by atoms with Crippen LogP contribution >= 0.6 is 0 Å². The molecule has 3 N–H and O–H groups in total. The molecule has 0 saturated carbocycles. The normalized spacial score (nSPS) is 12.3. The number of rotatable bonds is 9. The first-order valence-corrected chi connectivity index (χ1v) is 8.43. The third-order valence-corrected chi connectivity index (χ3v) is 4.04. The molecule has 0 radical (unpaired) electrons. The van der Waals surface area contributed by atoms with Crippen molar-refractivity contribution < 1.29 is 9.63 Å². The van der Waals surface area contributed by atoms with Crippen molar-refractivity contribution in [3.8, 4) is 5.75 Å². The maximum atomic E-state index is 12.5. The number of aromatic nitrogens is 1. The summed E-state index contributed by atoms with van der Waals surface area (Å²) in [4.78, 5) is 21.4. The molecular weight excluding hydrogens is 290 g/mol. The largest absolute Gasteiger partial charge is 0.377 e. The molecule has 1 heterocycles. The average Bonchev–Trinajstić information content (AvgIpc) is 3.00. The maximum absolute atomic E-state index is 12.5. The highest BCUT2D eigenvalue weighted by molar-refractivity contribution is 5.81. The van der Waals surface area contributed by atoms with E-state index in [-0.39, 0.29) is 5.91 Å². The molecule has 2 aromatic rings. The van der Waals surface area contributed by atoms with E-state index in [0.29, 0.717) is 31.2 Å². The van der Waals surface area contributed by atoms with Gasteiger partial charge >= 0.3 is 0 Å². The van der Waals surface area contributed by atoms with Crippen LogP contribution in [0.2, 0.25) is 0 Å². The fourth-order valence-electron chi connectivity index (χ4n) is 2.85. The molecule has 23 heavy (non-hydrogen) atoms. The Morgan fingerprint density at radius 2 is 2.13 bits per heavy atom. The van der Waals surface area contributed by atoms with Gasteiger partial charge in [0.05, 0.1) is 6.54 Å². The molecule has 0 bridgehead atoms. The SMILES string of the molecule is CCCC(CCN)CC(=O)N(CC)Oc1ccc2[nH]ccc2c1. The number of benzene rings is 1. The molecule has 0 fully saturated rings. The molecule has 126 valence electrons. The van der Waals surface area contributed by atoms with Gasteiger partial charge in [0.2, 0.25) is 0 Å². The average molecular weight is 317 g/mol. The summed E-state index contributed by atoms with van der Waals surface area (Å²) in [5, 5.41) is 2.52. The zero-order valence-corrected chi connectivity index (χ0v) is 14.0. The van der Waals surface area contributed by atoms with E-state index < -0.39 is 0 Å². The molecule has 0 saturated heterocycles. The molecular formula is C18H27N3O2. The highest BCUT2D eigenvalue weighted by atomic mass is 16.7. The molecule has 1 atom stereocenters. The summed E-state index contributed by atoms with van der Waals surface area (Å²) >= 11 is 0. The lowest BCUT2D eigenvalue weighted by atomic mass is 9.96. The van der Waals surface area contributed by atoms with Gasteiger partial charge in [-0.3, -0.25) is 4.79 Å². The summed E-state index contributed by atoms with van der Waals surface area (Å²) in [6, 6.07) is 7.75. The summed E-state index contributed by atoms with van der Waals surface area (Å²) < 4.78 is 0. The van der Waals surface area contributed by atoms with Gasteiger partial charge in [-0.2, -0.15) is 5.06 Å². The number of hydroxylamine groups is 2. The second kappa shape index (κ2) is 8.58. The Bertz CT molecular complexity index is 618. The summed E-state index contributed by atoms with van der Waals surface area (Å²) in [6.45, 7) is 5.19. The molecule has 1 aromatic heterocycles. The van der Waals surface area contributed by atoms with Gasteiger partial charge in [-0.1, -0.05) is 19.8 Å². The van der Waals surface area contributed by atoms with E-state index in [9.17, 15) is 4.79 Å². The molecule has 5 heteroatoms. The number of aromatic amines is 1. The Labute approximate surface area is 137 Å². The van der Waals surface area contributed by atoms with E-state index in [2.05, 4.69) is 11.9 Å². The van der Waals surface area contributed by atoms with Crippen molar-refractivity contribution >= 4 is 16.8 Å². The van der Waals surface area contributed by atoms with Crippen LogP contribution in [0.4, 0.5) is 0 Å². The van der Waals surface area contributed by atoms with Gasteiger partial charge in [-0.15, -0.1) is 0 Å². The van der Waals surface area contributed by atoms with Crippen LogP contribution in [0.25, 0.3) is 10.9 Å². The number of nitrogens with zero attached hydrogens (tertiary/aromatic N) is 1. The molecule has 2 rings (SSSR count).